The minimum atomic E-state index is -0.236. The molecule has 0 bridgehead atoms. The second-order valence-corrected chi connectivity index (χ2v) is 7.00. The number of amides is 1. The highest BCUT2D eigenvalue weighted by Gasteiger charge is 2.26. The van der Waals surface area contributed by atoms with Gasteiger partial charge in [0, 0.05) is 22.1 Å². The maximum absolute atomic E-state index is 12.8. The molecule has 3 heteroatoms. The molecule has 2 aromatic carbocycles. The predicted molar refractivity (Wildman–Crippen MR) is 92.6 cm³/mol. The van der Waals surface area contributed by atoms with E-state index in [2.05, 4.69) is 28.6 Å². The lowest BCUT2D eigenvalue weighted by atomic mass is 10.0. The van der Waals surface area contributed by atoms with Crippen LogP contribution in [0.5, 0.6) is 0 Å². The molecule has 0 saturated carbocycles. The Labute approximate surface area is 134 Å². The first kappa shape index (κ1) is 15.8. The van der Waals surface area contributed by atoms with Crippen LogP contribution in [0.25, 0.3) is 10.8 Å². The fourth-order valence-corrected chi connectivity index (χ4v) is 2.67. The molecule has 2 rings (SSSR count). The lowest BCUT2D eigenvalue weighted by molar-refractivity contribution is 0.0617. The Morgan fingerprint density at radius 1 is 1.19 bits per heavy atom. The highest BCUT2D eigenvalue weighted by molar-refractivity contribution is 9.10. The first-order chi connectivity index (χ1) is 9.82. The van der Waals surface area contributed by atoms with Crippen LogP contribution >= 0.6 is 15.9 Å². The van der Waals surface area contributed by atoms with Crippen LogP contribution in [-0.4, -0.2) is 22.9 Å². The van der Waals surface area contributed by atoms with Gasteiger partial charge in [-0.05, 0) is 55.8 Å². The second-order valence-electron chi connectivity index (χ2n) is 6.08. The van der Waals surface area contributed by atoms with Crippen molar-refractivity contribution in [2.24, 2.45) is 0 Å². The number of halogens is 1. The summed E-state index contributed by atoms with van der Waals surface area (Å²) in [6, 6.07) is 11.9. The summed E-state index contributed by atoms with van der Waals surface area (Å²) in [6.45, 7) is 10.4. The molecular weight excluding hydrogens is 326 g/mol. The van der Waals surface area contributed by atoms with Crippen molar-refractivity contribution in [2.45, 2.75) is 26.3 Å². The average molecular weight is 346 g/mol. The van der Waals surface area contributed by atoms with Crippen molar-refractivity contribution >= 4 is 32.6 Å². The quantitative estimate of drug-likeness (QED) is 0.714. The van der Waals surface area contributed by atoms with Crippen molar-refractivity contribution in [1.82, 2.24) is 4.90 Å². The zero-order chi connectivity index (χ0) is 15.6. The predicted octanol–water partition coefficient (Wildman–Crippen LogP) is 5.03. The monoisotopic (exact) mass is 345 g/mol. The third kappa shape index (κ3) is 3.53. The molecule has 0 atom stereocenters. The van der Waals surface area contributed by atoms with Crippen molar-refractivity contribution in [3.63, 3.8) is 0 Å². The zero-order valence-electron chi connectivity index (χ0n) is 12.7. The molecule has 0 unspecified atom stereocenters. The van der Waals surface area contributed by atoms with Gasteiger partial charge in [0.2, 0.25) is 0 Å². The van der Waals surface area contributed by atoms with Gasteiger partial charge in [0.05, 0.1) is 0 Å². The molecule has 21 heavy (non-hydrogen) atoms. The summed E-state index contributed by atoms with van der Waals surface area (Å²) in [5.74, 6) is 0.0345. The van der Waals surface area contributed by atoms with E-state index in [9.17, 15) is 4.79 Å². The van der Waals surface area contributed by atoms with Crippen LogP contribution in [0, 0.1) is 0 Å². The highest BCUT2D eigenvalue weighted by Crippen LogP contribution is 2.23. The first-order valence-electron chi connectivity index (χ1n) is 6.95. The summed E-state index contributed by atoms with van der Waals surface area (Å²) in [5.41, 5.74) is 0.474. The Hall–Kier alpha value is -1.61. The standard InChI is InChI=1S/C18H20BrNO/c1-5-10-20(18(2,3)4)17(21)15-7-6-14-12-16(19)9-8-13(14)11-15/h5-9,11-12H,1,10H2,2-4H3. The SMILES string of the molecule is C=CCN(C(=O)c1ccc2cc(Br)ccc2c1)C(C)(C)C. The smallest absolute Gasteiger partial charge is 0.254 e. The molecule has 0 radical (unpaired) electrons. The highest BCUT2D eigenvalue weighted by atomic mass is 79.9. The third-order valence-corrected chi connectivity index (χ3v) is 3.91. The van der Waals surface area contributed by atoms with E-state index in [-0.39, 0.29) is 11.4 Å². The summed E-state index contributed by atoms with van der Waals surface area (Å²) in [7, 11) is 0. The van der Waals surface area contributed by atoms with E-state index in [1.165, 1.54) is 0 Å². The Balaban J connectivity index is 2.42. The van der Waals surface area contributed by atoms with Gasteiger partial charge in [0.15, 0.2) is 0 Å². The molecule has 0 aliphatic carbocycles. The number of carbonyl (C=O) groups excluding carboxylic acids is 1. The number of benzene rings is 2. The van der Waals surface area contributed by atoms with Crippen LogP contribution in [0.2, 0.25) is 0 Å². The van der Waals surface area contributed by atoms with Crippen LogP contribution in [0.1, 0.15) is 31.1 Å². The van der Waals surface area contributed by atoms with Gasteiger partial charge in [-0.15, -0.1) is 6.58 Å². The summed E-state index contributed by atoms with van der Waals surface area (Å²) >= 11 is 3.46. The molecule has 0 aliphatic rings. The Morgan fingerprint density at radius 2 is 1.81 bits per heavy atom. The van der Waals surface area contributed by atoms with E-state index >= 15 is 0 Å². The molecule has 0 aromatic heterocycles. The van der Waals surface area contributed by atoms with Gasteiger partial charge in [0.1, 0.15) is 0 Å². The topological polar surface area (TPSA) is 20.3 Å². The minimum absolute atomic E-state index is 0.0345. The number of fused-ring (bicyclic) bond motifs is 1. The second kappa shape index (κ2) is 6.02. The number of rotatable bonds is 3. The average Bonchev–Trinajstić information content (AvgIpc) is 2.42. The summed E-state index contributed by atoms with van der Waals surface area (Å²) in [4.78, 5) is 14.6. The molecular formula is C18H20BrNO. The van der Waals surface area contributed by atoms with Gasteiger partial charge in [-0.1, -0.05) is 34.1 Å². The van der Waals surface area contributed by atoms with E-state index in [4.69, 9.17) is 0 Å². The lowest BCUT2D eigenvalue weighted by Gasteiger charge is -2.35. The molecule has 2 aromatic rings. The van der Waals surface area contributed by atoms with Crippen LogP contribution in [-0.2, 0) is 0 Å². The molecule has 0 spiro atoms. The molecule has 110 valence electrons. The van der Waals surface area contributed by atoms with Crippen LogP contribution in [0.3, 0.4) is 0 Å². The van der Waals surface area contributed by atoms with Gasteiger partial charge in [-0.2, -0.15) is 0 Å². The van der Waals surface area contributed by atoms with Gasteiger partial charge in [0.25, 0.3) is 5.91 Å². The number of carbonyl (C=O) groups is 1. The van der Waals surface area contributed by atoms with Crippen LogP contribution in [0.4, 0.5) is 0 Å². The molecule has 0 heterocycles. The van der Waals surface area contributed by atoms with Crippen molar-refractivity contribution in [3.05, 3.63) is 59.1 Å². The van der Waals surface area contributed by atoms with E-state index in [1.807, 2.05) is 56.0 Å². The largest absolute Gasteiger partial charge is 0.330 e. The minimum Gasteiger partial charge on any atom is -0.330 e. The molecule has 0 fully saturated rings. The van der Waals surface area contributed by atoms with Gasteiger partial charge >= 0.3 is 0 Å². The van der Waals surface area contributed by atoms with E-state index in [0.29, 0.717) is 12.1 Å². The molecule has 0 N–H and O–H groups in total. The summed E-state index contributed by atoms with van der Waals surface area (Å²) in [5, 5.41) is 2.18. The molecule has 0 saturated heterocycles. The number of nitrogens with zero attached hydrogens (tertiary/aromatic N) is 1. The third-order valence-electron chi connectivity index (χ3n) is 3.42. The van der Waals surface area contributed by atoms with Crippen molar-refractivity contribution in [2.75, 3.05) is 6.54 Å². The van der Waals surface area contributed by atoms with Crippen molar-refractivity contribution in [1.29, 1.82) is 0 Å². The zero-order valence-corrected chi connectivity index (χ0v) is 14.3. The lowest BCUT2D eigenvalue weighted by Crippen LogP contribution is -2.45. The van der Waals surface area contributed by atoms with Gasteiger partial charge < -0.3 is 4.90 Å². The Bertz CT molecular complexity index is 685. The maximum atomic E-state index is 12.8. The molecule has 0 aliphatic heterocycles. The van der Waals surface area contributed by atoms with Crippen molar-refractivity contribution in [3.8, 4) is 0 Å². The number of hydrogen-bond acceptors (Lipinski definition) is 1. The first-order valence-corrected chi connectivity index (χ1v) is 7.74. The van der Waals surface area contributed by atoms with E-state index in [1.54, 1.807) is 6.08 Å². The molecule has 1 amide bonds. The normalized spacial score (nSPS) is 11.4. The van der Waals surface area contributed by atoms with Crippen molar-refractivity contribution < 1.29 is 4.79 Å². The molecule has 2 nitrogen and oxygen atoms in total. The van der Waals surface area contributed by atoms with E-state index < -0.39 is 0 Å². The Morgan fingerprint density at radius 3 is 2.43 bits per heavy atom. The van der Waals surface area contributed by atoms with Crippen LogP contribution in [0.15, 0.2) is 53.5 Å². The summed E-state index contributed by atoms with van der Waals surface area (Å²) in [6.07, 6.45) is 1.77. The van der Waals surface area contributed by atoms with Crippen LogP contribution < -0.4 is 0 Å². The van der Waals surface area contributed by atoms with E-state index in [0.717, 1.165) is 15.2 Å². The number of hydrogen-bond donors (Lipinski definition) is 0. The van der Waals surface area contributed by atoms with Gasteiger partial charge in [-0.3, -0.25) is 4.79 Å². The Kier molecular flexibility index (Phi) is 4.52. The fourth-order valence-electron chi connectivity index (χ4n) is 2.30. The fraction of sp³-hybridized carbons (Fsp3) is 0.278. The summed E-state index contributed by atoms with van der Waals surface area (Å²) < 4.78 is 1.04. The maximum Gasteiger partial charge on any atom is 0.254 e. The van der Waals surface area contributed by atoms with Gasteiger partial charge in [-0.25, -0.2) is 0 Å².